The number of carbonyl (C=O) groups excluding carboxylic acids is 1. The van der Waals surface area contributed by atoms with Crippen molar-refractivity contribution in [3.63, 3.8) is 0 Å². The van der Waals surface area contributed by atoms with Gasteiger partial charge in [0, 0.05) is 5.69 Å². The first-order valence-electron chi connectivity index (χ1n) is 7.23. The van der Waals surface area contributed by atoms with Gasteiger partial charge in [-0.25, -0.2) is 9.59 Å². The van der Waals surface area contributed by atoms with Crippen molar-refractivity contribution in [3.05, 3.63) is 29.8 Å². The maximum Gasteiger partial charge on any atom is 0.338 e. The number of carbonyl (C=O) groups is 2. The fourth-order valence-corrected chi connectivity index (χ4v) is 1.89. The zero-order valence-electron chi connectivity index (χ0n) is 14.1. The van der Waals surface area contributed by atoms with Crippen LogP contribution in [0.3, 0.4) is 0 Å². The van der Waals surface area contributed by atoms with E-state index in [-0.39, 0.29) is 0 Å². The minimum Gasteiger partial charge on any atom is -0.480 e. The fourth-order valence-electron chi connectivity index (χ4n) is 1.89. The molecule has 0 radical (unpaired) electrons. The maximum absolute atomic E-state index is 12.1. The summed E-state index contributed by atoms with van der Waals surface area (Å²) >= 11 is 0. The van der Waals surface area contributed by atoms with E-state index in [1.165, 1.54) is 0 Å². The molecule has 0 amide bonds. The minimum absolute atomic E-state index is 0.387. The first-order chi connectivity index (χ1) is 9.90. The quantitative estimate of drug-likeness (QED) is 0.832. The van der Waals surface area contributed by atoms with Crippen molar-refractivity contribution in [3.8, 4) is 0 Å². The Bertz CT molecular complexity index is 553. The molecule has 0 aliphatic rings. The van der Waals surface area contributed by atoms with Crippen LogP contribution >= 0.6 is 0 Å². The molecule has 5 heteroatoms. The Morgan fingerprint density at radius 3 is 2.18 bits per heavy atom. The number of hydrogen-bond acceptors (Lipinski definition) is 4. The maximum atomic E-state index is 12.1. The first kappa shape index (κ1) is 18.0. The largest absolute Gasteiger partial charge is 0.480 e. The zero-order chi connectivity index (χ0) is 17.1. The number of ether oxygens (including phenoxy) is 1. The lowest BCUT2D eigenvalue weighted by atomic mass is 9.86. The molecule has 1 aromatic rings. The molecule has 1 aromatic carbocycles. The molecule has 0 aliphatic carbocycles. The highest BCUT2D eigenvalue weighted by molar-refractivity contribution is 5.91. The van der Waals surface area contributed by atoms with Crippen molar-refractivity contribution in [1.82, 2.24) is 0 Å². The topological polar surface area (TPSA) is 75.6 Å². The van der Waals surface area contributed by atoms with Crippen molar-refractivity contribution in [2.24, 2.45) is 5.41 Å². The number of aliphatic carboxylic acids is 1. The molecule has 0 saturated carbocycles. The van der Waals surface area contributed by atoms with Gasteiger partial charge in [0.15, 0.2) is 0 Å². The lowest BCUT2D eigenvalue weighted by Crippen LogP contribution is -2.41. The second-order valence-electron chi connectivity index (χ2n) is 7.36. The Kier molecular flexibility index (Phi) is 5.22. The second-order valence-corrected chi connectivity index (χ2v) is 7.36. The van der Waals surface area contributed by atoms with E-state index in [1.54, 1.807) is 45.0 Å². The third kappa shape index (κ3) is 5.39. The van der Waals surface area contributed by atoms with Gasteiger partial charge in [0.2, 0.25) is 0 Å². The van der Waals surface area contributed by atoms with Crippen LogP contribution in [0.1, 0.15) is 51.9 Å². The highest BCUT2D eigenvalue weighted by Crippen LogP contribution is 2.24. The van der Waals surface area contributed by atoms with Gasteiger partial charge in [-0.1, -0.05) is 26.8 Å². The molecule has 1 atom stereocenters. The number of esters is 1. The Balaban J connectivity index is 2.97. The second kappa shape index (κ2) is 6.38. The average Bonchev–Trinajstić information content (AvgIpc) is 2.32. The molecular weight excluding hydrogens is 282 g/mol. The molecule has 22 heavy (non-hydrogen) atoms. The van der Waals surface area contributed by atoms with Crippen LogP contribution in [-0.2, 0) is 9.53 Å². The van der Waals surface area contributed by atoms with Crippen molar-refractivity contribution in [2.75, 3.05) is 5.32 Å². The van der Waals surface area contributed by atoms with Crippen molar-refractivity contribution >= 4 is 17.6 Å². The summed E-state index contributed by atoms with van der Waals surface area (Å²) in [7, 11) is 0. The van der Waals surface area contributed by atoms with Crippen LogP contribution in [0.2, 0.25) is 0 Å². The summed E-state index contributed by atoms with van der Waals surface area (Å²) in [6.45, 7) is 10.9. The number of benzene rings is 1. The number of nitrogens with one attached hydrogen (secondary N) is 1. The van der Waals surface area contributed by atoms with Gasteiger partial charge in [-0.2, -0.15) is 0 Å². The van der Waals surface area contributed by atoms with Crippen molar-refractivity contribution < 1.29 is 19.4 Å². The van der Waals surface area contributed by atoms with Crippen LogP contribution < -0.4 is 5.32 Å². The van der Waals surface area contributed by atoms with Gasteiger partial charge in [0.25, 0.3) is 0 Å². The zero-order valence-corrected chi connectivity index (χ0v) is 14.1. The lowest BCUT2D eigenvalue weighted by molar-refractivity contribution is -0.140. The monoisotopic (exact) mass is 307 g/mol. The van der Waals surface area contributed by atoms with Crippen LogP contribution in [0.5, 0.6) is 0 Å². The molecule has 0 spiro atoms. The highest BCUT2D eigenvalue weighted by Gasteiger charge is 2.31. The van der Waals surface area contributed by atoms with Crippen molar-refractivity contribution in [1.29, 1.82) is 0 Å². The molecular formula is C17H25NO4. The smallest absolute Gasteiger partial charge is 0.338 e. The summed E-state index contributed by atoms with van der Waals surface area (Å²) in [6, 6.07) is 5.92. The van der Waals surface area contributed by atoms with Crippen molar-refractivity contribution in [2.45, 2.75) is 53.2 Å². The number of rotatable bonds is 4. The normalized spacial score (nSPS) is 13.4. The van der Waals surface area contributed by atoms with E-state index in [2.05, 4.69) is 5.32 Å². The first-order valence-corrected chi connectivity index (χ1v) is 7.23. The van der Waals surface area contributed by atoms with E-state index < -0.39 is 29.0 Å². The van der Waals surface area contributed by atoms with Crippen LogP contribution in [-0.4, -0.2) is 28.7 Å². The predicted molar refractivity (Wildman–Crippen MR) is 86.1 cm³/mol. The van der Waals surface area contributed by atoms with E-state index in [1.807, 2.05) is 20.8 Å². The lowest BCUT2D eigenvalue weighted by Gasteiger charge is -2.28. The molecule has 0 aromatic heterocycles. The molecule has 1 rings (SSSR count). The standard InChI is InChI=1S/C17H25NO4/c1-16(2,3)13(14(19)20)18-12-9-7-8-11(10-12)15(21)22-17(4,5)6/h7-10,13,18H,1-6H3,(H,19,20). The van der Waals surface area contributed by atoms with E-state index in [0.717, 1.165) is 0 Å². The fraction of sp³-hybridized carbons (Fsp3) is 0.529. The number of carboxylic acid groups (broad SMARTS) is 1. The van der Waals surface area contributed by atoms with Crippen LogP contribution in [0, 0.1) is 5.41 Å². The molecule has 0 saturated heterocycles. The highest BCUT2D eigenvalue weighted by atomic mass is 16.6. The van der Waals surface area contributed by atoms with Crippen LogP contribution in [0.4, 0.5) is 5.69 Å². The summed E-state index contributed by atoms with van der Waals surface area (Å²) < 4.78 is 5.32. The summed E-state index contributed by atoms with van der Waals surface area (Å²) in [5, 5.41) is 12.3. The number of anilines is 1. The molecule has 122 valence electrons. The predicted octanol–water partition coefficient (Wildman–Crippen LogP) is 3.55. The minimum atomic E-state index is -0.935. The summed E-state index contributed by atoms with van der Waals surface area (Å²) in [5.41, 5.74) is -0.0767. The van der Waals surface area contributed by atoms with E-state index >= 15 is 0 Å². The van der Waals surface area contributed by atoms with Crippen LogP contribution in [0.15, 0.2) is 24.3 Å². The third-order valence-electron chi connectivity index (χ3n) is 2.92. The van der Waals surface area contributed by atoms with Gasteiger partial charge in [0.1, 0.15) is 11.6 Å². The molecule has 0 bridgehead atoms. The molecule has 0 heterocycles. The molecule has 0 fully saturated rings. The third-order valence-corrected chi connectivity index (χ3v) is 2.92. The summed E-state index contributed by atoms with van der Waals surface area (Å²) in [5.74, 6) is -1.37. The Morgan fingerprint density at radius 2 is 1.73 bits per heavy atom. The average molecular weight is 307 g/mol. The summed E-state index contributed by atoms with van der Waals surface area (Å²) in [6.07, 6.45) is 0. The van der Waals surface area contributed by atoms with Gasteiger partial charge >= 0.3 is 11.9 Å². The van der Waals surface area contributed by atoms with E-state index in [0.29, 0.717) is 11.3 Å². The Labute approximate surface area is 131 Å². The molecule has 5 nitrogen and oxygen atoms in total. The number of hydrogen-bond donors (Lipinski definition) is 2. The van der Waals surface area contributed by atoms with E-state index in [4.69, 9.17) is 4.74 Å². The SMILES string of the molecule is CC(C)(C)OC(=O)c1cccc(NC(C(=O)O)C(C)(C)C)c1. The van der Waals surface area contributed by atoms with Gasteiger partial charge in [0.05, 0.1) is 5.56 Å². The van der Waals surface area contributed by atoms with E-state index in [9.17, 15) is 14.7 Å². The van der Waals surface area contributed by atoms with Gasteiger partial charge in [-0.15, -0.1) is 0 Å². The Morgan fingerprint density at radius 1 is 1.14 bits per heavy atom. The van der Waals surface area contributed by atoms with Gasteiger partial charge in [-0.3, -0.25) is 0 Å². The van der Waals surface area contributed by atoms with Crippen LogP contribution in [0.25, 0.3) is 0 Å². The summed E-state index contributed by atoms with van der Waals surface area (Å²) in [4.78, 5) is 23.5. The number of carboxylic acids is 1. The molecule has 2 N–H and O–H groups in total. The van der Waals surface area contributed by atoms with Gasteiger partial charge < -0.3 is 15.2 Å². The molecule has 0 aliphatic heterocycles. The molecule has 1 unspecified atom stereocenters. The Hall–Kier alpha value is -2.04. The van der Waals surface area contributed by atoms with Gasteiger partial charge in [-0.05, 0) is 44.4 Å².